The second-order valence-corrected chi connectivity index (χ2v) is 9.36. The van der Waals surface area contributed by atoms with E-state index in [1.807, 2.05) is 60.7 Å². The van der Waals surface area contributed by atoms with E-state index in [0.717, 1.165) is 23.3 Å². The Bertz CT molecular complexity index is 1440. The van der Waals surface area contributed by atoms with Gasteiger partial charge >= 0.3 is 12.1 Å². The predicted octanol–water partition coefficient (Wildman–Crippen LogP) is 6.22. The summed E-state index contributed by atoms with van der Waals surface area (Å²) < 4.78 is 50.4. The summed E-state index contributed by atoms with van der Waals surface area (Å²) in [6, 6.07) is 27.1. The van der Waals surface area contributed by atoms with Crippen LogP contribution in [0.3, 0.4) is 0 Å². The van der Waals surface area contributed by atoms with E-state index >= 15 is 0 Å². The highest BCUT2D eigenvalue weighted by Crippen LogP contribution is 2.31. The van der Waals surface area contributed by atoms with Gasteiger partial charge in [-0.05, 0) is 46.5 Å². The number of rotatable bonds is 12. The van der Waals surface area contributed by atoms with Gasteiger partial charge < -0.3 is 19.9 Å². The van der Waals surface area contributed by atoms with Crippen molar-refractivity contribution in [3.8, 4) is 11.5 Å². The quantitative estimate of drug-likeness (QED) is 0.214. The maximum Gasteiger partial charge on any atom is 0.416 e. The predicted molar refractivity (Wildman–Crippen MR) is 146 cm³/mol. The van der Waals surface area contributed by atoms with Gasteiger partial charge in [0, 0.05) is 6.42 Å². The Balaban J connectivity index is 1.45. The average molecular weight is 564 g/mol. The Hall–Kier alpha value is -4.79. The normalized spacial score (nSPS) is 11.9. The number of hydrogen-bond acceptors (Lipinski definition) is 4. The average Bonchev–Trinajstić information content (AvgIpc) is 2.96. The first-order valence-corrected chi connectivity index (χ1v) is 12.8. The first kappa shape index (κ1) is 29.2. The molecule has 4 rings (SSSR count). The maximum absolute atomic E-state index is 12.8. The van der Waals surface area contributed by atoms with Gasteiger partial charge in [0.2, 0.25) is 5.91 Å². The molecule has 4 aromatic carbocycles. The summed E-state index contributed by atoms with van der Waals surface area (Å²) in [5.41, 5.74) is 1.99. The third-order valence-corrected chi connectivity index (χ3v) is 6.20. The van der Waals surface area contributed by atoms with Crippen LogP contribution in [-0.2, 0) is 41.8 Å². The summed E-state index contributed by atoms with van der Waals surface area (Å²) in [4.78, 5) is 24.5. The van der Waals surface area contributed by atoms with Crippen LogP contribution in [0, 0.1) is 0 Å². The molecule has 6 nitrogen and oxygen atoms in total. The van der Waals surface area contributed by atoms with Crippen LogP contribution in [0.4, 0.5) is 13.2 Å². The highest BCUT2D eigenvalue weighted by Gasteiger charge is 2.30. The van der Waals surface area contributed by atoms with Gasteiger partial charge in [-0.25, -0.2) is 4.79 Å². The van der Waals surface area contributed by atoms with E-state index in [-0.39, 0.29) is 19.4 Å². The molecule has 1 amide bonds. The van der Waals surface area contributed by atoms with Crippen molar-refractivity contribution in [2.24, 2.45) is 0 Å². The van der Waals surface area contributed by atoms with Crippen molar-refractivity contribution in [2.45, 2.75) is 38.3 Å². The molecule has 0 saturated heterocycles. The van der Waals surface area contributed by atoms with E-state index < -0.39 is 29.7 Å². The van der Waals surface area contributed by atoms with Crippen molar-refractivity contribution in [1.82, 2.24) is 5.32 Å². The monoisotopic (exact) mass is 563 g/mol. The standard InChI is InChI=1S/C32H28F3NO5/c33-32(34,35)26-14-11-22(12-15-26)19-30(37)36-27(31(38)39)17-25-13-16-28(40-20-23-7-3-1-4-8-23)29(18-25)41-21-24-9-5-2-6-10-24/h1-16,18,27H,17,19-21H2,(H,36,37)(H,38,39)/t27-/m1/s1. The molecule has 0 heterocycles. The number of carboxylic acids is 1. The highest BCUT2D eigenvalue weighted by atomic mass is 19.4. The molecule has 0 unspecified atom stereocenters. The lowest BCUT2D eigenvalue weighted by molar-refractivity contribution is -0.141. The van der Waals surface area contributed by atoms with Gasteiger partial charge in [0.05, 0.1) is 12.0 Å². The maximum atomic E-state index is 12.8. The van der Waals surface area contributed by atoms with Crippen LogP contribution in [0.25, 0.3) is 0 Å². The van der Waals surface area contributed by atoms with E-state index in [9.17, 15) is 27.9 Å². The molecule has 4 aromatic rings. The number of halogens is 3. The molecule has 0 aromatic heterocycles. The Morgan fingerprint density at radius 1 is 0.707 bits per heavy atom. The van der Waals surface area contributed by atoms with E-state index in [1.54, 1.807) is 18.2 Å². The van der Waals surface area contributed by atoms with E-state index in [1.165, 1.54) is 12.1 Å². The summed E-state index contributed by atoms with van der Waals surface area (Å²) in [6.07, 6.45) is -4.80. The number of carboxylic acid groups (broad SMARTS) is 1. The molecule has 0 aliphatic heterocycles. The zero-order chi connectivity index (χ0) is 29.2. The van der Waals surface area contributed by atoms with Gasteiger partial charge in [-0.3, -0.25) is 4.79 Å². The second-order valence-electron chi connectivity index (χ2n) is 9.36. The van der Waals surface area contributed by atoms with Crippen molar-refractivity contribution in [2.75, 3.05) is 0 Å². The topological polar surface area (TPSA) is 84.9 Å². The van der Waals surface area contributed by atoms with E-state index in [0.29, 0.717) is 29.2 Å². The third kappa shape index (κ3) is 8.86. The summed E-state index contributed by atoms with van der Waals surface area (Å²) in [5.74, 6) is -0.975. The van der Waals surface area contributed by atoms with Crippen molar-refractivity contribution in [3.63, 3.8) is 0 Å². The number of ether oxygens (including phenoxy) is 2. The summed E-state index contributed by atoms with van der Waals surface area (Å²) >= 11 is 0. The van der Waals surface area contributed by atoms with Gasteiger partial charge in [0.15, 0.2) is 11.5 Å². The number of benzene rings is 4. The molecule has 0 radical (unpaired) electrons. The largest absolute Gasteiger partial charge is 0.485 e. The van der Waals surface area contributed by atoms with Crippen LogP contribution in [0.5, 0.6) is 11.5 Å². The van der Waals surface area contributed by atoms with Gasteiger partial charge in [-0.2, -0.15) is 13.2 Å². The first-order valence-electron chi connectivity index (χ1n) is 12.8. The Kier molecular flexibility index (Phi) is 9.63. The Morgan fingerprint density at radius 2 is 1.24 bits per heavy atom. The second kappa shape index (κ2) is 13.5. The highest BCUT2D eigenvalue weighted by molar-refractivity contribution is 5.85. The molecule has 0 fully saturated rings. The minimum Gasteiger partial charge on any atom is -0.485 e. The number of nitrogens with one attached hydrogen (secondary N) is 1. The molecule has 212 valence electrons. The van der Waals surface area contributed by atoms with Crippen molar-refractivity contribution in [3.05, 3.63) is 131 Å². The van der Waals surface area contributed by atoms with Crippen molar-refractivity contribution in [1.29, 1.82) is 0 Å². The summed E-state index contributed by atoms with van der Waals surface area (Å²) in [5, 5.41) is 12.2. The Morgan fingerprint density at radius 3 is 1.78 bits per heavy atom. The van der Waals surface area contributed by atoms with Crippen LogP contribution in [0.2, 0.25) is 0 Å². The lowest BCUT2D eigenvalue weighted by Crippen LogP contribution is -2.43. The molecule has 0 bridgehead atoms. The van der Waals surface area contributed by atoms with Crippen molar-refractivity contribution >= 4 is 11.9 Å². The summed E-state index contributed by atoms with van der Waals surface area (Å²) in [7, 11) is 0. The molecule has 0 spiro atoms. The molecule has 0 aliphatic carbocycles. The SMILES string of the molecule is O=C(Cc1ccc(C(F)(F)F)cc1)N[C@H](Cc1ccc(OCc2ccccc2)c(OCc2ccccc2)c1)C(=O)O. The van der Waals surface area contributed by atoms with Gasteiger partial charge in [-0.15, -0.1) is 0 Å². The van der Waals surface area contributed by atoms with Crippen LogP contribution >= 0.6 is 0 Å². The number of carbonyl (C=O) groups excluding carboxylic acids is 1. The van der Waals surface area contributed by atoms with Gasteiger partial charge in [-0.1, -0.05) is 78.9 Å². The number of alkyl halides is 3. The molecular weight excluding hydrogens is 535 g/mol. The number of carbonyl (C=O) groups is 2. The van der Waals surface area contributed by atoms with Gasteiger partial charge in [0.1, 0.15) is 19.3 Å². The molecular formula is C32H28F3NO5. The van der Waals surface area contributed by atoms with E-state index in [4.69, 9.17) is 9.47 Å². The fraction of sp³-hybridized carbons (Fsp3) is 0.188. The summed E-state index contributed by atoms with van der Waals surface area (Å²) in [6.45, 7) is 0.567. The van der Waals surface area contributed by atoms with Crippen LogP contribution in [0.1, 0.15) is 27.8 Å². The van der Waals surface area contributed by atoms with Gasteiger partial charge in [0.25, 0.3) is 0 Å². The smallest absolute Gasteiger partial charge is 0.416 e. The van der Waals surface area contributed by atoms with E-state index in [2.05, 4.69) is 5.32 Å². The molecule has 1 atom stereocenters. The fourth-order valence-electron chi connectivity index (χ4n) is 4.06. The number of aliphatic carboxylic acids is 1. The van der Waals surface area contributed by atoms with Crippen LogP contribution in [-0.4, -0.2) is 23.0 Å². The first-order chi connectivity index (χ1) is 19.7. The lowest BCUT2D eigenvalue weighted by Gasteiger charge is -2.18. The number of hydrogen-bond donors (Lipinski definition) is 2. The molecule has 2 N–H and O–H groups in total. The molecule has 0 saturated carbocycles. The zero-order valence-electron chi connectivity index (χ0n) is 21.9. The van der Waals surface area contributed by atoms with Crippen LogP contribution < -0.4 is 14.8 Å². The third-order valence-electron chi connectivity index (χ3n) is 6.20. The fourth-order valence-corrected chi connectivity index (χ4v) is 4.06. The number of amides is 1. The lowest BCUT2D eigenvalue weighted by atomic mass is 10.0. The van der Waals surface area contributed by atoms with Crippen molar-refractivity contribution < 1.29 is 37.3 Å². The minimum atomic E-state index is -4.49. The molecule has 41 heavy (non-hydrogen) atoms. The molecule has 9 heteroatoms. The zero-order valence-corrected chi connectivity index (χ0v) is 21.9. The van der Waals surface area contributed by atoms with Crippen LogP contribution in [0.15, 0.2) is 103 Å². The minimum absolute atomic E-state index is 0.0469. The molecule has 0 aliphatic rings. The Labute approximate surface area is 235 Å².